The molecule has 0 saturated heterocycles. The molecular weight excluding hydrogens is 337 g/mol. The van der Waals surface area contributed by atoms with Gasteiger partial charge < -0.3 is 15.2 Å². The first-order chi connectivity index (χ1) is 9.93. The summed E-state index contributed by atoms with van der Waals surface area (Å²) in [7, 11) is 1.51. The van der Waals surface area contributed by atoms with Crippen LogP contribution in [0.3, 0.4) is 0 Å². The van der Waals surface area contributed by atoms with Gasteiger partial charge in [0.15, 0.2) is 0 Å². The number of methoxy groups -OCH3 is 1. The molecular formula is C14H10Cl3NO3. The number of phenols is 1. The minimum absolute atomic E-state index is 0.0554. The molecule has 21 heavy (non-hydrogen) atoms. The van der Waals surface area contributed by atoms with Gasteiger partial charge in [0, 0.05) is 11.8 Å². The van der Waals surface area contributed by atoms with E-state index in [-0.39, 0.29) is 20.6 Å². The summed E-state index contributed by atoms with van der Waals surface area (Å²) in [5.41, 5.74) is 0.294. The fourth-order valence-electron chi connectivity index (χ4n) is 1.69. The van der Waals surface area contributed by atoms with Crippen molar-refractivity contribution in [1.29, 1.82) is 0 Å². The van der Waals surface area contributed by atoms with E-state index in [2.05, 4.69) is 5.32 Å². The van der Waals surface area contributed by atoms with Gasteiger partial charge in [0.25, 0.3) is 5.91 Å². The van der Waals surface area contributed by atoms with Gasteiger partial charge in [0.05, 0.1) is 22.2 Å². The van der Waals surface area contributed by atoms with Gasteiger partial charge in [0.2, 0.25) is 0 Å². The third kappa shape index (κ3) is 3.35. The van der Waals surface area contributed by atoms with Crippen LogP contribution in [0, 0.1) is 0 Å². The van der Waals surface area contributed by atoms with Crippen molar-refractivity contribution in [1.82, 2.24) is 0 Å². The molecule has 0 heterocycles. The quantitative estimate of drug-likeness (QED) is 0.798. The van der Waals surface area contributed by atoms with E-state index in [0.717, 1.165) is 0 Å². The second-order valence-electron chi connectivity index (χ2n) is 4.06. The lowest BCUT2D eigenvalue weighted by Crippen LogP contribution is -2.13. The average Bonchev–Trinajstić information content (AvgIpc) is 2.45. The predicted molar refractivity (Wildman–Crippen MR) is 84.1 cm³/mol. The van der Waals surface area contributed by atoms with Crippen molar-refractivity contribution in [3.8, 4) is 11.5 Å². The molecule has 0 aliphatic heterocycles. The molecule has 0 aliphatic rings. The van der Waals surface area contributed by atoms with E-state index in [1.807, 2.05) is 0 Å². The molecule has 2 rings (SSSR count). The lowest BCUT2D eigenvalue weighted by Gasteiger charge is -2.11. The van der Waals surface area contributed by atoms with Crippen molar-refractivity contribution in [3.05, 3.63) is 51.0 Å². The van der Waals surface area contributed by atoms with Crippen molar-refractivity contribution in [2.75, 3.05) is 12.4 Å². The third-order valence-electron chi connectivity index (χ3n) is 2.70. The zero-order valence-electron chi connectivity index (χ0n) is 10.8. The summed E-state index contributed by atoms with van der Waals surface area (Å²) in [6.07, 6.45) is 0. The van der Waals surface area contributed by atoms with Crippen LogP contribution < -0.4 is 10.1 Å². The molecule has 0 fully saturated rings. The summed E-state index contributed by atoms with van der Waals surface area (Å²) in [5, 5.41) is 12.4. The lowest BCUT2D eigenvalue weighted by atomic mass is 10.1. The van der Waals surface area contributed by atoms with E-state index >= 15 is 0 Å². The van der Waals surface area contributed by atoms with E-state index in [4.69, 9.17) is 39.5 Å². The van der Waals surface area contributed by atoms with Crippen LogP contribution in [0.4, 0.5) is 5.69 Å². The maximum absolute atomic E-state index is 12.2. The van der Waals surface area contributed by atoms with Crippen LogP contribution in [0.1, 0.15) is 10.4 Å². The van der Waals surface area contributed by atoms with E-state index in [9.17, 15) is 9.90 Å². The second kappa shape index (κ2) is 6.43. The van der Waals surface area contributed by atoms with Gasteiger partial charge in [-0.3, -0.25) is 4.79 Å². The van der Waals surface area contributed by atoms with E-state index < -0.39 is 11.7 Å². The predicted octanol–water partition coefficient (Wildman–Crippen LogP) is 4.61. The molecule has 0 aliphatic carbocycles. The molecule has 0 aromatic heterocycles. The van der Waals surface area contributed by atoms with Gasteiger partial charge in [0.1, 0.15) is 17.1 Å². The fourth-order valence-corrected chi connectivity index (χ4v) is 2.38. The van der Waals surface area contributed by atoms with E-state index in [0.29, 0.717) is 11.4 Å². The molecule has 2 aromatic carbocycles. The molecule has 0 bridgehead atoms. The number of rotatable bonds is 3. The Morgan fingerprint density at radius 3 is 2.57 bits per heavy atom. The molecule has 7 heteroatoms. The molecule has 0 saturated carbocycles. The molecule has 0 atom stereocenters. The first-order valence-electron chi connectivity index (χ1n) is 5.76. The van der Waals surface area contributed by atoms with Crippen LogP contribution in [0.2, 0.25) is 15.1 Å². The maximum atomic E-state index is 12.2. The van der Waals surface area contributed by atoms with Crippen LogP contribution in [0.5, 0.6) is 11.5 Å². The number of phenolic OH excluding ortho intramolecular Hbond substituents is 1. The highest BCUT2D eigenvalue weighted by molar-refractivity contribution is 6.46. The number of halogens is 3. The van der Waals surface area contributed by atoms with E-state index in [1.54, 1.807) is 24.3 Å². The van der Waals surface area contributed by atoms with Crippen molar-refractivity contribution < 1.29 is 14.6 Å². The Bertz CT molecular complexity index is 678. The number of carbonyl (C=O) groups excluding carboxylic acids is 1. The summed E-state index contributed by atoms with van der Waals surface area (Å²) >= 11 is 17.6. The second-order valence-corrected chi connectivity index (χ2v) is 5.26. The van der Waals surface area contributed by atoms with Crippen molar-refractivity contribution >= 4 is 46.4 Å². The number of hydrogen-bond acceptors (Lipinski definition) is 3. The Hall–Kier alpha value is -1.62. The van der Waals surface area contributed by atoms with Gasteiger partial charge in [-0.1, -0.05) is 40.9 Å². The Labute approximate surface area is 136 Å². The number of benzene rings is 2. The van der Waals surface area contributed by atoms with Crippen molar-refractivity contribution in [3.63, 3.8) is 0 Å². The smallest absolute Gasteiger partial charge is 0.261 e. The number of hydrogen-bond donors (Lipinski definition) is 2. The molecule has 0 unspecified atom stereocenters. The largest absolute Gasteiger partial charge is 0.505 e. The SMILES string of the molecule is COc1cccc(NC(=O)c2c(O)c(Cl)cc(Cl)c2Cl)c1. The highest BCUT2D eigenvalue weighted by Gasteiger charge is 2.21. The summed E-state index contributed by atoms with van der Waals surface area (Å²) in [4.78, 5) is 12.2. The van der Waals surface area contributed by atoms with E-state index in [1.165, 1.54) is 13.2 Å². The standard InChI is InChI=1S/C14H10Cl3NO3/c1-21-8-4-2-3-7(5-8)18-14(20)11-12(17)9(15)6-10(16)13(11)19/h2-6,19H,1H3,(H,18,20). The molecule has 1 amide bonds. The van der Waals surface area contributed by atoms with Gasteiger partial charge in [-0.25, -0.2) is 0 Å². The van der Waals surface area contributed by atoms with Crippen molar-refractivity contribution in [2.24, 2.45) is 0 Å². The monoisotopic (exact) mass is 345 g/mol. The number of carbonyl (C=O) groups is 1. The first kappa shape index (κ1) is 15.8. The lowest BCUT2D eigenvalue weighted by molar-refractivity contribution is 0.102. The number of aromatic hydroxyl groups is 1. The molecule has 2 N–H and O–H groups in total. The summed E-state index contributed by atoms with van der Waals surface area (Å²) < 4.78 is 5.06. The number of nitrogens with one attached hydrogen (secondary N) is 1. The Balaban J connectivity index is 2.37. The Kier molecular flexibility index (Phi) is 4.83. The highest BCUT2D eigenvalue weighted by Crippen LogP contribution is 2.38. The number of ether oxygens (including phenoxy) is 1. The van der Waals surface area contributed by atoms with Crippen LogP contribution in [-0.2, 0) is 0 Å². The Morgan fingerprint density at radius 1 is 1.19 bits per heavy atom. The van der Waals surface area contributed by atoms with Gasteiger partial charge in [-0.2, -0.15) is 0 Å². The third-order valence-corrected chi connectivity index (χ3v) is 3.78. The molecule has 0 spiro atoms. The number of amides is 1. The molecule has 0 radical (unpaired) electrons. The minimum Gasteiger partial charge on any atom is -0.505 e. The zero-order chi connectivity index (χ0) is 15.6. The summed E-state index contributed by atoms with van der Waals surface area (Å²) in [6, 6.07) is 7.99. The zero-order valence-corrected chi connectivity index (χ0v) is 13.1. The van der Waals surface area contributed by atoms with Gasteiger partial charge >= 0.3 is 0 Å². The fraction of sp³-hybridized carbons (Fsp3) is 0.0714. The van der Waals surface area contributed by atoms with Crippen LogP contribution in [-0.4, -0.2) is 18.1 Å². The van der Waals surface area contributed by atoms with Crippen LogP contribution >= 0.6 is 34.8 Å². The normalized spacial score (nSPS) is 10.3. The number of anilines is 1. The minimum atomic E-state index is -0.629. The van der Waals surface area contributed by atoms with Crippen LogP contribution in [0.15, 0.2) is 30.3 Å². The average molecular weight is 347 g/mol. The molecule has 110 valence electrons. The van der Waals surface area contributed by atoms with Gasteiger partial charge in [-0.05, 0) is 18.2 Å². The first-order valence-corrected chi connectivity index (χ1v) is 6.89. The van der Waals surface area contributed by atoms with Gasteiger partial charge in [-0.15, -0.1) is 0 Å². The summed E-state index contributed by atoms with van der Waals surface area (Å²) in [5.74, 6) is -0.478. The summed E-state index contributed by atoms with van der Waals surface area (Å²) in [6.45, 7) is 0. The molecule has 4 nitrogen and oxygen atoms in total. The van der Waals surface area contributed by atoms with Crippen LogP contribution in [0.25, 0.3) is 0 Å². The topological polar surface area (TPSA) is 58.6 Å². The highest BCUT2D eigenvalue weighted by atomic mass is 35.5. The Morgan fingerprint density at radius 2 is 1.90 bits per heavy atom. The van der Waals surface area contributed by atoms with Crippen molar-refractivity contribution in [2.45, 2.75) is 0 Å². The maximum Gasteiger partial charge on any atom is 0.261 e. The molecule has 2 aromatic rings.